The molecule has 1 aromatic rings. The summed E-state index contributed by atoms with van der Waals surface area (Å²) in [5, 5.41) is 0. The summed E-state index contributed by atoms with van der Waals surface area (Å²) in [5.74, 6) is 0.741. The van der Waals surface area contributed by atoms with Crippen molar-refractivity contribution in [2.45, 2.75) is 43.5 Å². The second kappa shape index (κ2) is 5.81. The second-order valence-electron chi connectivity index (χ2n) is 5.35. The van der Waals surface area contributed by atoms with E-state index in [4.69, 9.17) is 11.6 Å². The van der Waals surface area contributed by atoms with E-state index in [0.29, 0.717) is 22.9 Å². The van der Waals surface area contributed by atoms with E-state index in [0.717, 1.165) is 12.8 Å². The average molecular weight is 302 g/mol. The summed E-state index contributed by atoms with van der Waals surface area (Å²) in [5.41, 5.74) is 0.672. The third-order valence-electron chi connectivity index (χ3n) is 3.41. The van der Waals surface area contributed by atoms with Gasteiger partial charge in [-0.25, -0.2) is 8.42 Å². The largest absolute Gasteiger partial charge is 0.243 e. The van der Waals surface area contributed by atoms with Crippen LogP contribution in [-0.2, 0) is 15.9 Å². The normalized spacial score (nSPS) is 16.3. The van der Waals surface area contributed by atoms with Gasteiger partial charge in [-0.1, -0.05) is 18.2 Å². The van der Waals surface area contributed by atoms with Gasteiger partial charge in [-0.15, -0.1) is 11.6 Å². The van der Waals surface area contributed by atoms with Gasteiger partial charge < -0.3 is 0 Å². The lowest BCUT2D eigenvalue weighted by Gasteiger charge is -2.26. The number of hydrogen-bond donors (Lipinski definition) is 0. The second-order valence-corrected chi connectivity index (χ2v) is 7.48. The molecule has 0 atom stereocenters. The molecule has 0 spiro atoms. The highest BCUT2D eigenvalue weighted by molar-refractivity contribution is 7.89. The van der Waals surface area contributed by atoms with Gasteiger partial charge >= 0.3 is 0 Å². The molecular formula is C14H20ClNO2S. The fourth-order valence-electron chi connectivity index (χ4n) is 2.13. The van der Waals surface area contributed by atoms with E-state index in [2.05, 4.69) is 0 Å². The summed E-state index contributed by atoms with van der Waals surface area (Å²) >= 11 is 5.86. The molecule has 0 heterocycles. The maximum Gasteiger partial charge on any atom is 0.243 e. The van der Waals surface area contributed by atoms with E-state index < -0.39 is 10.0 Å². The molecule has 0 radical (unpaired) electrons. The van der Waals surface area contributed by atoms with Crippen molar-refractivity contribution in [2.75, 3.05) is 6.54 Å². The van der Waals surface area contributed by atoms with E-state index in [1.807, 2.05) is 19.9 Å². The van der Waals surface area contributed by atoms with Crippen molar-refractivity contribution >= 4 is 21.6 Å². The van der Waals surface area contributed by atoms with Gasteiger partial charge in [-0.05, 0) is 44.2 Å². The summed E-state index contributed by atoms with van der Waals surface area (Å²) in [6.07, 6.45) is 2.27. The Morgan fingerprint density at radius 2 is 1.95 bits per heavy atom. The van der Waals surface area contributed by atoms with Crippen LogP contribution in [0.5, 0.6) is 0 Å². The van der Waals surface area contributed by atoms with Crippen LogP contribution in [0.4, 0.5) is 0 Å². The lowest BCUT2D eigenvalue weighted by molar-refractivity contribution is 0.341. The first-order valence-electron chi connectivity index (χ1n) is 6.62. The monoisotopic (exact) mass is 301 g/mol. The van der Waals surface area contributed by atoms with Crippen LogP contribution in [-0.4, -0.2) is 25.3 Å². The predicted octanol–water partition coefficient (Wildman–Crippen LogP) is 3.23. The number of benzene rings is 1. The molecule has 3 nitrogen and oxygen atoms in total. The maximum atomic E-state index is 12.8. The van der Waals surface area contributed by atoms with Gasteiger partial charge in [-0.3, -0.25) is 0 Å². The van der Waals surface area contributed by atoms with Crippen LogP contribution < -0.4 is 0 Å². The van der Waals surface area contributed by atoms with Gasteiger partial charge in [0.1, 0.15) is 0 Å². The Kier molecular flexibility index (Phi) is 4.54. The van der Waals surface area contributed by atoms with Gasteiger partial charge in [0, 0.05) is 18.5 Å². The molecule has 1 aromatic carbocycles. The molecule has 0 saturated heterocycles. The van der Waals surface area contributed by atoms with Crippen molar-refractivity contribution in [1.29, 1.82) is 0 Å². The van der Waals surface area contributed by atoms with Crippen molar-refractivity contribution in [2.24, 2.45) is 5.92 Å². The lowest BCUT2D eigenvalue weighted by atomic mass is 10.2. The number of alkyl halides is 1. The molecule has 1 fully saturated rings. The minimum atomic E-state index is -3.45. The van der Waals surface area contributed by atoms with E-state index in [9.17, 15) is 8.42 Å². The van der Waals surface area contributed by atoms with Gasteiger partial charge in [0.15, 0.2) is 0 Å². The molecular weight excluding hydrogens is 282 g/mol. The SMILES string of the molecule is CC(C)N(CC1CC1)S(=O)(=O)c1ccccc1CCl. The fraction of sp³-hybridized carbons (Fsp3) is 0.571. The zero-order valence-electron chi connectivity index (χ0n) is 11.3. The summed E-state index contributed by atoms with van der Waals surface area (Å²) in [7, 11) is -3.45. The molecule has 1 saturated carbocycles. The van der Waals surface area contributed by atoms with Gasteiger partial charge in [-0.2, -0.15) is 4.31 Å². The Balaban J connectivity index is 2.37. The van der Waals surface area contributed by atoms with Crippen molar-refractivity contribution in [3.63, 3.8) is 0 Å². The molecule has 19 heavy (non-hydrogen) atoms. The predicted molar refractivity (Wildman–Crippen MR) is 77.8 cm³/mol. The Morgan fingerprint density at radius 1 is 1.32 bits per heavy atom. The highest BCUT2D eigenvalue weighted by Gasteiger charge is 2.34. The molecule has 0 unspecified atom stereocenters. The van der Waals surface area contributed by atoms with Gasteiger partial charge in [0.05, 0.1) is 4.90 Å². The van der Waals surface area contributed by atoms with Crippen LogP contribution >= 0.6 is 11.6 Å². The first-order valence-corrected chi connectivity index (χ1v) is 8.60. The first-order chi connectivity index (χ1) is 8.96. The van der Waals surface area contributed by atoms with E-state index in [1.54, 1.807) is 22.5 Å². The molecule has 2 rings (SSSR count). The zero-order valence-corrected chi connectivity index (χ0v) is 12.9. The summed E-state index contributed by atoms with van der Waals surface area (Å²) in [6.45, 7) is 4.46. The third kappa shape index (κ3) is 3.30. The highest BCUT2D eigenvalue weighted by atomic mass is 35.5. The van der Waals surface area contributed by atoms with E-state index in [1.165, 1.54) is 0 Å². The quantitative estimate of drug-likeness (QED) is 0.757. The summed E-state index contributed by atoms with van der Waals surface area (Å²) < 4.78 is 27.2. The molecule has 0 aliphatic heterocycles. The number of halogens is 1. The number of sulfonamides is 1. The Morgan fingerprint density at radius 3 is 2.47 bits per heavy atom. The molecule has 0 bridgehead atoms. The van der Waals surface area contributed by atoms with Crippen LogP contribution in [0.2, 0.25) is 0 Å². The minimum Gasteiger partial charge on any atom is -0.207 e. The van der Waals surface area contributed by atoms with Crippen molar-refractivity contribution < 1.29 is 8.42 Å². The minimum absolute atomic E-state index is 0.0334. The molecule has 106 valence electrons. The van der Waals surface area contributed by atoms with Crippen molar-refractivity contribution in [3.05, 3.63) is 29.8 Å². The molecule has 1 aliphatic carbocycles. The Hall–Kier alpha value is -0.580. The third-order valence-corrected chi connectivity index (χ3v) is 5.84. The van der Waals surface area contributed by atoms with Crippen LogP contribution in [0, 0.1) is 5.92 Å². The number of rotatable bonds is 6. The molecule has 0 amide bonds. The smallest absolute Gasteiger partial charge is 0.207 e. The van der Waals surface area contributed by atoms with Crippen LogP contribution in [0.3, 0.4) is 0 Å². The maximum absolute atomic E-state index is 12.8. The fourth-order valence-corrected chi connectivity index (χ4v) is 4.38. The van der Waals surface area contributed by atoms with Crippen molar-refractivity contribution in [3.8, 4) is 0 Å². The zero-order chi connectivity index (χ0) is 14.0. The van der Waals surface area contributed by atoms with Gasteiger partial charge in [0.25, 0.3) is 0 Å². The average Bonchev–Trinajstić information content (AvgIpc) is 3.19. The Labute approximate surface area is 120 Å². The number of nitrogens with zero attached hydrogens (tertiary/aromatic N) is 1. The molecule has 1 aliphatic rings. The molecule has 5 heteroatoms. The topological polar surface area (TPSA) is 37.4 Å². The van der Waals surface area contributed by atoms with Crippen LogP contribution in [0.1, 0.15) is 32.3 Å². The summed E-state index contributed by atoms with van der Waals surface area (Å²) in [6, 6.07) is 6.95. The summed E-state index contributed by atoms with van der Waals surface area (Å²) in [4.78, 5) is 0.347. The van der Waals surface area contributed by atoms with Crippen LogP contribution in [0.25, 0.3) is 0 Å². The first kappa shape index (κ1) is 14.8. The van der Waals surface area contributed by atoms with E-state index >= 15 is 0 Å². The standard InChI is InChI=1S/C14H20ClNO2S/c1-11(2)16(10-12-7-8-12)19(17,18)14-6-4-3-5-13(14)9-15/h3-6,11-12H,7-10H2,1-2H3. The van der Waals surface area contributed by atoms with E-state index in [-0.39, 0.29) is 11.9 Å². The Bertz CT molecular complexity index is 538. The molecule has 0 aromatic heterocycles. The highest BCUT2D eigenvalue weighted by Crippen LogP contribution is 2.33. The van der Waals surface area contributed by atoms with Crippen LogP contribution in [0.15, 0.2) is 29.2 Å². The lowest BCUT2D eigenvalue weighted by Crippen LogP contribution is -2.38. The van der Waals surface area contributed by atoms with Crippen molar-refractivity contribution in [1.82, 2.24) is 4.31 Å². The van der Waals surface area contributed by atoms with Gasteiger partial charge in [0.2, 0.25) is 10.0 Å². The number of hydrogen-bond acceptors (Lipinski definition) is 2. The molecule has 0 N–H and O–H groups in total.